The van der Waals surface area contributed by atoms with Gasteiger partial charge in [0.05, 0.1) is 46.6 Å². The predicted octanol–water partition coefficient (Wildman–Crippen LogP) is 5.75. The number of carbonyl (C=O) groups is 1. The fourth-order valence-electron chi connectivity index (χ4n) is 6.72. The van der Waals surface area contributed by atoms with Crippen molar-refractivity contribution >= 4 is 41.5 Å². The number of hydrogen-bond donors (Lipinski definition) is 1. The second kappa shape index (κ2) is 12.3. The molecule has 1 aromatic heterocycles. The zero-order valence-corrected chi connectivity index (χ0v) is 26.8. The molecule has 1 fully saturated rings. The van der Waals surface area contributed by atoms with Crippen molar-refractivity contribution in [2.24, 2.45) is 0 Å². The van der Waals surface area contributed by atoms with E-state index in [0.717, 1.165) is 10.4 Å². The highest BCUT2D eigenvalue weighted by molar-refractivity contribution is 7.04. The summed E-state index contributed by atoms with van der Waals surface area (Å²) in [4.78, 5) is 16.1. The lowest BCUT2D eigenvalue weighted by atomic mass is 9.97. The molecule has 0 spiro atoms. The molecule has 43 heavy (non-hydrogen) atoms. The molecule has 2 heterocycles. The van der Waals surface area contributed by atoms with E-state index in [1.165, 1.54) is 24.5 Å². The van der Waals surface area contributed by atoms with E-state index in [9.17, 15) is 9.90 Å². The Kier molecular flexibility index (Phi) is 8.86. The van der Waals surface area contributed by atoms with Crippen LogP contribution in [0.1, 0.15) is 61.8 Å². The molecule has 0 radical (unpaired) electrons. The van der Waals surface area contributed by atoms with E-state index in [0.29, 0.717) is 24.3 Å². The van der Waals surface area contributed by atoms with Gasteiger partial charge in [-0.15, -0.1) is 0 Å². The van der Waals surface area contributed by atoms with Crippen LogP contribution in [0.25, 0.3) is 0 Å². The maximum atomic E-state index is 16.3. The van der Waals surface area contributed by atoms with E-state index in [4.69, 9.17) is 16.3 Å². The van der Waals surface area contributed by atoms with Gasteiger partial charge in [0.15, 0.2) is 19.7 Å². The first-order valence-electron chi connectivity index (χ1n) is 14.5. The van der Waals surface area contributed by atoms with Crippen LogP contribution in [0.5, 0.6) is 0 Å². The van der Waals surface area contributed by atoms with Gasteiger partial charge >= 0.3 is 0 Å². The molecule has 0 saturated carbocycles. The molecule has 0 amide bonds. The Bertz CT molecular complexity index is 1540. The molecule has 3 aromatic carbocycles. The number of halogens is 2. The summed E-state index contributed by atoms with van der Waals surface area (Å²) in [5, 5.41) is 22.0. The number of nitrogens with zero attached hydrogens (tertiary/aromatic N) is 3. The Morgan fingerprint density at radius 1 is 1.00 bits per heavy atom. The second-order valence-corrected chi connectivity index (χ2v) is 17.5. The van der Waals surface area contributed by atoms with E-state index in [1.54, 1.807) is 0 Å². The molecule has 1 unspecified atom stereocenters. The lowest BCUT2D eigenvalue weighted by molar-refractivity contribution is -0.00541. The van der Waals surface area contributed by atoms with Gasteiger partial charge in [-0.25, -0.2) is 4.39 Å². The first-order chi connectivity index (χ1) is 20.5. The molecule has 5 rings (SSSR count). The summed E-state index contributed by atoms with van der Waals surface area (Å²) in [6.07, 6.45) is 2.33. The average molecular weight is 618 g/mol. The van der Waals surface area contributed by atoms with Crippen molar-refractivity contribution in [1.82, 2.24) is 10.2 Å². The van der Waals surface area contributed by atoms with Crippen LogP contribution >= 0.6 is 11.6 Å². The van der Waals surface area contributed by atoms with Crippen LogP contribution in [0.15, 0.2) is 85.2 Å². The molecule has 0 bridgehead atoms. The van der Waals surface area contributed by atoms with Gasteiger partial charge in [-0.1, -0.05) is 103 Å². The highest BCUT2D eigenvalue weighted by Crippen LogP contribution is 2.48. The topological polar surface area (TPSA) is 75.5 Å². The predicted molar refractivity (Wildman–Crippen MR) is 172 cm³/mol. The Balaban J connectivity index is 1.87. The molecule has 9 heteroatoms. The Morgan fingerprint density at radius 3 is 2.05 bits per heavy atom. The van der Waals surface area contributed by atoms with Crippen LogP contribution in [-0.2, 0) is 4.74 Å². The number of aliphatic hydroxyl groups is 1. The largest absolute Gasteiger partial charge is 0.391 e. The van der Waals surface area contributed by atoms with E-state index in [1.807, 2.05) is 55.1 Å². The van der Waals surface area contributed by atoms with Crippen LogP contribution in [0.2, 0.25) is 10.1 Å². The Hall–Kier alpha value is -3.43. The van der Waals surface area contributed by atoms with Gasteiger partial charge in [-0.05, 0) is 31.0 Å². The molecule has 4 aromatic rings. The molecule has 224 valence electrons. The number of carbonyl (C=O) groups excluding carboxylic acids is 1. The summed E-state index contributed by atoms with van der Waals surface area (Å²) < 4.78 is 22.3. The van der Waals surface area contributed by atoms with Gasteiger partial charge in [-0.2, -0.15) is 10.2 Å². The Morgan fingerprint density at radius 2 is 1.56 bits per heavy atom. The molecule has 1 saturated heterocycles. The van der Waals surface area contributed by atoms with Gasteiger partial charge in [0, 0.05) is 24.2 Å². The average Bonchev–Trinajstić information content (AvgIpc) is 2.98. The minimum atomic E-state index is -3.22. The number of rotatable bonds is 7. The number of aromatic nitrogens is 2. The molecule has 1 N–H and O–H groups in total. The SMILES string of the molecule is C[C@@H]1CN(c2c(C(O)[Si](c3ccccc3)(c3ccccc3)C(C)(C)C)cc(Cl)c(F)c2C(=O)c2ccnnc2)C[C@H](C)O1. The normalized spacial score (nSPS) is 18.4. The molecule has 3 atom stereocenters. The summed E-state index contributed by atoms with van der Waals surface area (Å²) in [5.74, 6) is -1.41. The summed E-state index contributed by atoms with van der Waals surface area (Å²) in [7, 11) is -3.22. The van der Waals surface area contributed by atoms with Crippen LogP contribution < -0.4 is 15.3 Å². The minimum Gasteiger partial charge on any atom is -0.391 e. The number of morpholine rings is 1. The zero-order chi connectivity index (χ0) is 30.9. The Labute approximate surface area is 258 Å². The summed E-state index contributed by atoms with van der Waals surface area (Å²) in [6, 6.07) is 23.1. The van der Waals surface area contributed by atoms with Crippen LogP contribution in [0, 0.1) is 5.82 Å². The van der Waals surface area contributed by atoms with E-state index in [-0.39, 0.29) is 28.4 Å². The summed E-state index contributed by atoms with van der Waals surface area (Å²) >= 11 is 6.63. The fourth-order valence-corrected chi connectivity index (χ4v) is 12.6. The van der Waals surface area contributed by atoms with Crippen molar-refractivity contribution in [2.45, 2.75) is 57.6 Å². The first-order valence-corrected chi connectivity index (χ1v) is 16.9. The molecule has 0 aliphatic carbocycles. The van der Waals surface area contributed by atoms with Gasteiger partial charge < -0.3 is 14.7 Å². The zero-order valence-electron chi connectivity index (χ0n) is 25.1. The first kappa shape index (κ1) is 31.0. The lowest BCUT2D eigenvalue weighted by Gasteiger charge is -2.48. The molecular formula is C34H37ClFN3O3Si. The standard InChI is InChI=1S/C34H37ClFN3O3Si/c1-22-20-39(21-23(2)42-22)31-27(18-28(35)30(36)29(31)32(40)24-16-17-37-38-19-24)33(41)43(34(3,4)5,25-12-8-6-9-13-25)26-14-10-7-11-15-26/h6-19,22-23,33,41H,20-21H2,1-5H3/t22-,23+,33?. The van der Waals surface area contributed by atoms with E-state index < -0.39 is 30.4 Å². The minimum absolute atomic E-state index is 0.178. The third kappa shape index (κ3) is 5.65. The monoisotopic (exact) mass is 617 g/mol. The van der Waals surface area contributed by atoms with Crippen molar-refractivity contribution < 1.29 is 19.0 Å². The quantitative estimate of drug-likeness (QED) is 0.210. The van der Waals surface area contributed by atoms with Crippen molar-refractivity contribution in [1.29, 1.82) is 0 Å². The smallest absolute Gasteiger partial charge is 0.199 e. The third-order valence-corrected chi connectivity index (χ3v) is 14.6. The van der Waals surface area contributed by atoms with Gasteiger partial charge in [0.2, 0.25) is 0 Å². The molecule has 1 aliphatic rings. The molecular weight excluding hydrogens is 581 g/mol. The number of ketones is 1. The van der Waals surface area contributed by atoms with E-state index >= 15 is 4.39 Å². The highest BCUT2D eigenvalue weighted by Gasteiger charge is 2.54. The number of benzene rings is 3. The maximum absolute atomic E-state index is 16.3. The number of anilines is 1. The van der Waals surface area contributed by atoms with Crippen molar-refractivity contribution in [2.75, 3.05) is 18.0 Å². The molecule has 1 aliphatic heterocycles. The third-order valence-electron chi connectivity index (χ3n) is 8.38. The van der Waals surface area contributed by atoms with Crippen LogP contribution in [-0.4, -0.2) is 54.5 Å². The fraction of sp³-hybridized carbons (Fsp3) is 0.324. The van der Waals surface area contributed by atoms with Gasteiger partial charge in [-0.3, -0.25) is 4.79 Å². The maximum Gasteiger partial charge on any atom is 0.199 e. The van der Waals surface area contributed by atoms with Crippen molar-refractivity contribution in [3.8, 4) is 0 Å². The van der Waals surface area contributed by atoms with Crippen LogP contribution in [0.4, 0.5) is 10.1 Å². The van der Waals surface area contributed by atoms with Gasteiger partial charge in [0.25, 0.3) is 0 Å². The highest BCUT2D eigenvalue weighted by atomic mass is 35.5. The lowest BCUT2D eigenvalue weighted by Crippen LogP contribution is -2.68. The number of hydrogen-bond acceptors (Lipinski definition) is 6. The van der Waals surface area contributed by atoms with Crippen molar-refractivity contribution in [3.05, 3.63) is 113 Å². The molecule has 6 nitrogen and oxygen atoms in total. The van der Waals surface area contributed by atoms with E-state index in [2.05, 4.69) is 55.2 Å². The number of aliphatic hydroxyl groups excluding tert-OH is 1. The second-order valence-electron chi connectivity index (χ2n) is 12.3. The number of ether oxygens (including phenoxy) is 1. The summed E-state index contributed by atoms with van der Waals surface area (Å²) in [5.41, 5.74) is -0.356. The van der Waals surface area contributed by atoms with Gasteiger partial charge in [0.1, 0.15) is 0 Å². The summed E-state index contributed by atoms with van der Waals surface area (Å²) in [6.45, 7) is 11.1. The van der Waals surface area contributed by atoms with Crippen LogP contribution in [0.3, 0.4) is 0 Å². The van der Waals surface area contributed by atoms with Crippen molar-refractivity contribution in [3.63, 3.8) is 0 Å².